The maximum atomic E-state index is 4.35. The molecule has 0 fully saturated rings. The molecule has 0 atom stereocenters. The first-order valence-electron chi connectivity index (χ1n) is 0.644. The molecule has 0 aromatic rings. The summed E-state index contributed by atoms with van der Waals surface area (Å²) in [5, 5.41) is 0. The second-order valence-corrected chi connectivity index (χ2v) is 0.236. The van der Waals surface area contributed by atoms with E-state index in [0.717, 1.165) is 0 Å². The molecule has 3 heteroatoms. The predicted octanol–water partition coefficient (Wildman–Crippen LogP) is -3.04. The Morgan fingerprint density at radius 1 is 1.60 bits per heavy atom. The Kier molecular flexibility index (Phi) is 86.3. The van der Waals surface area contributed by atoms with Gasteiger partial charge in [-0.1, -0.05) is 0 Å². The van der Waals surface area contributed by atoms with Crippen LogP contribution in [-0.4, -0.2) is 7.11 Å². The Labute approximate surface area is 44.8 Å². The van der Waals surface area contributed by atoms with Gasteiger partial charge in [-0.15, -0.1) is 0 Å². The van der Waals surface area contributed by atoms with Crippen LogP contribution in [0.5, 0.6) is 0 Å². The van der Waals surface area contributed by atoms with Gasteiger partial charge in [0.15, 0.2) is 0 Å². The Morgan fingerprint density at radius 3 is 1.60 bits per heavy atom. The molecule has 0 bridgehead atoms. The number of nitrogens with two attached hydrogens (primary N) is 1. The maximum absolute atomic E-state index is 4.35. The Bertz CT molecular complexity index is 9.61. The first-order valence-corrected chi connectivity index (χ1v) is 0.644. The van der Waals surface area contributed by atoms with E-state index in [1.54, 1.807) is 0 Å². The van der Waals surface area contributed by atoms with Gasteiger partial charge in [0.05, 0.1) is 7.11 Å². The maximum Gasteiger partial charge on any atom is 1.00 e. The zero-order chi connectivity index (χ0) is 2.71. The van der Waals surface area contributed by atoms with E-state index in [-0.39, 0.29) is 26.3 Å². The average Bonchev–Trinajstić information content (AvgIpc) is 0.918. The van der Waals surface area contributed by atoms with Crippen molar-refractivity contribution >= 4 is 0 Å². The fourth-order valence-electron chi connectivity index (χ4n) is 0. The van der Waals surface area contributed by atoms with Crippen molar-refractivity contribution < 1.29 is 23.7 Å². The van der Waals surface area contributed by atoms with Crippen LogP contribution in [-0.2, 0) is 4.84 Å². The van der Waals surface area contributed by atoms with Crippen molar-refractivity contribution in [2.24, 2.45) is 5.90 Å². The number of rotatable bonds is 0. The smallest absolute Gasteiger partial charge is 0.358 e. The van der Waals surface area contributed by atoms with Crippen LogP contribution in [0.4, 0.5) is 0 Å². The third-order valence-corrected chi connectivity index (χ3v) is 0. The summed E-state index contributed by atoms with van der Waals surface area (Å²) in [6.07, 6.45) is 0. The van der Waals surface area contributed by atoms with E-state index in [0.29, 0.717) is 0 Å². The molecule has 2 N–H and O–H groups in total. The molecule has 0 aromatic carbocycles. The molecule has 0 spiro atoms. The molecule has 0 saturated carbocycles. The summed E-state index contributed by atoms with van der Waals surface area (Å²) in [6, 6.07) is 0. The molecule has 0 aromatic heterocycles. The molecular weight excluding hydrogens is 61.0 g/mol. The molecule has 0 aliphatic carbocycles. The van der Waals surface area contributed by atoms with Crippen LogP contribution in [0.3, 0.4) is 0 Å². The molecule has 2 nitrogen and oxygen atoms in total. The van der Waals surface area contributed by atoms with Gasteiger partial charge in [0.1, 0.15) is 0 Å². The van der Waals surface area contributed by atoms with Crippen LogP contribution in [0, 0.1) is 7.43 Å². The second-order valence-electron chi connectivity index (χ2n) is 0.236. The van der Waals surface area contributed by atoms with Crippen molar-refractivity contribution in [3.8, 4) is 0 Å². The van der Waals surface area contributed by atoms with Crippen molar-refractivity contribution in [1.29, 1.82) is 0 Å². The van der Waals surface area contributed by atoms with Gasteiger partial charge >= 0.3 is 18.9 Å². The molecule has 0 rings (SSSR count). The summed E-state index contributed by atoms with van der Waals surface area (Å²) in [7, 11) is 1.40. The zero-order valence-electron chi connectivity index (χ0n) is 3.99. The summed E-state index contributed by atoms with van der Waals surface area (Å²) in [5.41, 5.74) is 0. The zero-order valence-corrected chi connectivity index (χ0v) is 3.99. The molecule has 0 heterocycles. The fourth-order valence-corrected chi connectivity index (χ4v) is 0. The van der Waals surface area contributed by atoms with Gasteiger partial charge in [0.25, 0.3) is 0 Å². The minimum atomic E-state index is 0. The second kappa shape index (κ2) is 24.3. The van der Waals surface area contributed by atoms with Gasteiger partial charge in [-0.3, -0.25) is 0 Å². The molecule has 0 saturated heterocycles. The summed E-state index contributed by atoms with van der Waals surface area (Å²) in [5.74, 6) is 4.35. The Balaban J connectivity index is -0.0000000200. The molecule has 0 aliphatic rings. The van der Waals surface area contributed by atoms with E-state index in [1.807, 2.05) is 0 Å². The van der Waals surface area contributed by atoms with Crippen LogP contribution in [0.15, 0.2) is 0 Å². The average molecular weight is 69.0 g/mol. The van der Waals surface area contributed by atoms with E-state index in [1.165, 1.54) is 7.11 Å². The van der Waals surface area contributed by atoms with Crippen LogP contribution in [0.25, 0.3) is 0 Å². The first kappa shape index (κ1) is 17.8. The summed E-state index contributed by atoms with van der Waals surface area (Å²) < 4.78 is 0. The van der Waals surface area contributed by atoms with E-state index in [9.17, 15) is 0 Å². The standard InChI is InChI=1S/CH5NO.CH3.Li/c1-3-2;;/h2H2,1H3;1H3;/q;-1;+1. The molecule has 0 aliphatic heterocycles. The van der Waals surface area contributed by atoms with Crippen LogP contribution < -0.4 is 24.8 Å². The van der Waals surface area contributed by atoms with Crippen molar-refractivity contribution in [3.63, 3.8) is 0 Å². The minimum absolute atomic E-state index is 0. The van der Waals surface area contributed by atoms with E-state index < -0.39 is 0 Å². The van der Waals surface area contributed by atoms with Crippen molar-refractivity contribution in [3.05, 3.63) is 7.43 Å². The van der Waals surface area contributed by atoms with Crippen molar-refractivity contribution in [1.82, 2.24) is 0 Å². The number of hydrogen-bond donors (Lipinski definition) is 1. The summed E-state index contributed by atoms with van der Waals surface area (Å²) in [6.45, 7) is 0. The molecule has 0 radical (unpaired) electrons. The topological polar surface area (TPSA) is 35.2 Å². The van der Waals surface area contributed by atoms with Gasteiger partial charge in [-0.05, 0) is 0 Å². The SMILES string of the molecule is CON.[CH3-].[Li+]. The van der Waals surface area contributed by atoms with Crippen LogP contribution >= 0.6 is 0 Å². The van der Waals surface area contributed by atoms with E-state index in [2.05, 4.69) is 10.7 Å². The molecule has 0 unspecified atom stereocenters. The fraction of sp³-hybridized carbons (Fsp3) is 0.500. The molecular formula is C2H8LiNO. The van der Waals surface area contributed by atoms with Crippen molar-refractivity contribution in [2.75, 3.05) is 7.11 Å². The quantitative estimate of drug-likeness (QED) is 0.186. The van der Waals surface area contributed by atoms with Gasteiger partial charge in [0, 0.05) is 0 Å². The Morgan fingerprint density at radius 2 is 1.60 bits per heavy atom. The monoisotopic (exact) mass is 69.1 g/mol. The van der Waals surface area contributed by atoms with Gasteiger partial charge in [-0.2, -0.15) is 0 Å². The third-order valence-electron chi connectivity index (χ3n) is 0. The van der Waals surface area contributed by atoms with Gasteiger partial charge in [0.2, 0.25) is 0 Å². The molecule has 0 amide bonds. The normalized spacial score (nSPS) is 3.60. The van der Waals surface area contributed by atoms with Crippen molar-refractivity contribution in [2.45, 2.75) is 0 Å². The first-order chi connectivity index (χ1) is 1.41. The molecule has 28 valence electrons. The molecule has 5 heavy (non-hydrogen) atoms. The Hall–Kier alpha value is 0.517. The van der Waals surface area contributed by atoms with E-state index >= 15 is 0 Å². The predicted molar refractivity (Wildman–Crippen MR) is 17.6 cm³/mol. The van der Waals surface area contributed by atoms with Crippen LogP contribution in [0.2, 0.25) is 0 Å². The minimum Gasteiger partial charge on any atom is -0.358 e. The largest absolute Gasteiger partial charge is 1.00 e. The summed E-state index contributed by atoms with van der Waals surface area (Å²) >= 11 is 0. The van der Waals surface area contributed by atoms with Crippen LogP contribution in [0.1, 0.15) is 0 Å². The third kappa shape index (κ3) is 107. The van der Waals surface area contributed by atoms with Gasteiger partial charge in [-0.25, -0.2) is 5.90 Å². The number of hydrogen-bond acceptors (Lipinski definition) is 2. The summed E-state index contributed by atoms with van der Waals surface area (Å²) in [4.78, 5) is 3.75. The van der Waals surface area contributed by atoms with E-state index in [4.69, 9.17) is 0 Å². The van der Waals surface area contributed by atoms with Gasteiger partial charge < -0.3 is 12.3 Å².